The fourth-order valence-electron chi connectivity index (χ4n) is 1.35. The van der Waals surface area contributed by atoms with Gasteiger partial charge in [0, 0.05) is 30.7 Å². The zero-order chi connectivity index (χ0) is 13.0. The lowest BCUT2D eigenvalue weighted by Gasteiger charge is -2.04. The van der Waals surface area contributed by atoms with Crippen LogP contribution in [0.2, 0.25) is 0 Å². The number of carbonyl (C=O) groups excluding carboxylic acids is 1. The molecule has 1 unspecified atom stereocenters. The SMILES string of the molecule is CC(Cl)C(=O)NCCc1csc(-n2cccn2)n1. The molecule has 0 aliphatic carbocycles. The molecular weight excluding hydrogens is 272 g/mol. The smallest absolute Gasteiger partial charge is 0.237 e. The fraction of sp³-hybridized carbons (Fsp3) is 0.364. The van der Waals surface area contributed by atoms with Crippen LogP contribution in [0.4, 0.5) is 0 Å². The highest BCUT2D eigenvalue weighted by molar-refractivity contribution is 7.12. The maximum Gasteiger partial charge on any atom is 0.237 e. The molecule has 1 amide bonds. The van der Waals surface area contributed by atoms with Crippen LogP contribution in [-0.4, -0.2) is 32.6 Å². The van der Waals surface area contributed by atoms with E-state index in [0.29, 0.717) is 13.0 Å². The Labute approximate surface area is 114 Å². The summed E-state index contributed by atoms with van der Waals surface area (Å²) in [5.74, 6) is -0.154. The molecule has 0 aromatic carbocycles. The van der Waals surface area contributed by atoms with E-state index in [9.17, 15) is 4.79 Å². The van der Waals surface area contributed by atoms with Crippen molar-refractivity contribution in [3.8, 4) is 5.13 Å². The molecular formula is C11H13ClN4OS. The monoisotopic (exact) mass is 284 g/mol. The minimum Gasteiger partial charge on any atom is -0.354 e. The Kier molecular flexibility index (Phi) is 4.33. The molecule has 18 heavy (non-hydrogen) atoms. The molecule has 0 radical (unpaired) electrons. The van der Waals surface area contributed by atoms with Crippen LogP contribution >= 0.6 is 22.9 Å². The van der Waals surface area contributed by atoms with Gasteiger partial charge in [0.2, 0.25) is 11.0 Å². The molecule has 2 rings (SSSR count). The molecule has 1 atom stereocenters. The second-order valence-corrected chi connectivity index (χ2v) is 5.22. The van der Waals surface area contributed by atoms with Crippen LogP contribution in [0.1, 0.15) is 12.6 Å². The average molecular weight is 285 g/mol. The van der Waals surface area contributed by atoms with Crippen LogP contribution in [0, 0.1) is 0 Å². The first-order valence-corrected chi connectivity index (χ1v) is 6.84. The first-order chi connectivity index (χ1) is 8.66. The fourth-order valence-corrected chi connectivity index (χ4v) is 2.23. The summed E-state index contributed by atoms with van der Waals surface area (Å²) >= 11 is 7.17. The lowest BCUT2D eigenvalue weighted by molar-refractivity contribution is -0.120. The van der Waals surface area contributed by atoms with E-state index in [1.165, 1.54) is 11.3 Å². The summed E-state index contributed by atoms with van der Waals surface area (Å²) in [5, 5.41) is 9.15. The van der Waals surface area contributed by atoms with Crippen molar-refractivity contribution in [1.29, 1.82) is 0 Å². The van der Waals surface area contributed by atoms with Crippen molar-refractivity contribution in [3.05, 3.63) is 29.5 Å². The van der Waals surface area contributed by atoms with Gasteiger partial charge in [0.05, 0.1) is 5.69 Å². The van der Waals surface area contributed by atoms with Crippen LogP contribution in [0.3, 0.4) is 0 Å². The Morgan fingerprint density at radius 1 is 1.67 bits per heavy atom. The van der Waals surface area contributed by atoms with E-state index in [2.05, 4.69) is 15.4 Å². The first kappa shape index (κ1) is 13.0. The third-order valence-corrected chi connectivity index (χ3v) is 3.36. The van der Waals surface area contributed by atoms with Crippen molar-refractivity contribution in [2.45, 2.75) is 18.7 Å². The van der Waals surface area contributed by atoms with Crippen molar-refractivity contribution in [2.24, 2.45) is 0 Å². The second kappa shape index (κ2) is 5.97. The zero-order valence-corrected chi connectivity index (χ0v) is 11.4. The Morgan fingerprint density at radius 3 is 3.17 bits per heavy atom. The normalized spacial score (nSPS) is 12.3. The highest BCUT2D eigenvalue weighted by atomic mass is 35.5. The Bertz CT molecular complexity index is 509. The minimum absolute atomic E-state index is 0.154. The predicted octanol–water partition coefficient (Wildman–Crippen LogP) is 1.61. The minimum atomic E-state index is -0.500. The number of hydrogen-bond acceptors (Lipinski definition) is 4. The third kappa shape index (κ3) is 3.30. The van der Waals surface area contributed by atoms with Crippen molar-refractivity contribution in [1.82, 2.24) is 20.1 Å². The molecule has 2 heterocycles. The number of aromatic nitrogens is 3. The van der Waals surface area contributed by atoms with Crippen LogP contribution in [0.5, 0.6) is 0 Å². The number of nitrogens with zero attached hydrogens (tertiary/aromatic N) is 3. The van der Waals surface area contributed by atoms with Crippen molar-refractivity contribution in [2.75, 3.05) is 6.54 Å². The van der Waals surface area contributed by atoms with Crippen molar-refractivity contribution >= 4 is 28.8 Å². The molecule has 0 aliphatic heterocycles. The molecule has 7 heteroatoms. The zero-order valence-electron chi connectivity index (χ0n) is 9.84. The van der Waals surface area contributed by atoms with E-state index < -0.39 is 5.38 Å². The molecule has 0 aliphatic rings. The number of alkyl halides is 1. The number of nitrogens with one attached hydrogen (secondary N) is 1. The van der Waals surface area contributed by atoms with E-state index in [1.54, 1.807) is 17.8 Å². The van der Waals surface area contributed by atoms with Gasteiger partial charge in [0.25, 0.3) is 0 Å². The van der Waals surface area contributed by atoms with E-state index >= 15 is 0 Å². The van der Waals surface area contributed by atoms with Gasteiger partial charge >= 0.3 is 0 Å². The van der Waals surface area contributed by atoms with Crippen LogP contribution in [0.15, 0.2) is 23.8 Å². The van der Waals surface area contributed by atoms with Gasteiger partial charge in [-0.3, -0.25) is 4.79 Å². The molecule has 0 saturated heterocycles. The maximum absolute atomic E-state index is 11.3. The summed E-state index contributed by atoms with van der Waals surface area (Å²) in [6.45, 7) is 2.19. The molecule has 0 spiro atoms. The van der Waals surface area contributed by atoms with Gasteiger partial charge in [-0.25, -0.2) is 9.67 Å². The Morgan fingerprint density at radius 2 is 2.50 bits per heavy atom. The number of hydrogen-bond donors (Lipinski definition) is 1. The number of halogens is 1. The van der Waals surface area contributed by atoms with E-state index in [0.717, 1.165) is 10.8 Å². The summed E-state index contributed by atoms with van der Waals surface area (Å²) in [5.41, 5.74) is 0.938. The lowest BCUT2D eigenvalue weighted by Crippen LogP contribution is -2.31. The van der Waals surface area contributed by atoms with Crippen LogP contribution in [0.25, 0.3) is 5.13 Å². The van der Waals surface area contributed by atoms with E-state index in [4.69, 9.17) is 11.6 Å². The topological polar surface area (TPSA) is 59.8 Å². The molecule has 0 saturated carbocycles. The summed E-state index contributed by atoms with van der Waals surface area (Å²) in [6, 6.07) is 1.85. The predicted molar refractivity (Wildman–Crippen MR) is 71.3 cm³/mol. The summed E-state index contributed by atoms with van der Waals surface area (Å²) in [6.07, 6.45) is 4.25. The highest BCUT2D eigenvalue weighted by Crippen LogP contribution is 2.13. The van der Waals surface area contributed by atoms with Gasteiger partial charge in [-0.2, -0.15) is 5.10 Å². The largest absolute Gasteiger partial charge is 0.354 e. The number of thiazole rings is 1. The van der Waals surface area contributed by atoms with Gasteiger partial charge in [-0.1, -0.05) is 0 Å². The molecule has 1 N–H and O–H groups in total. The summed E-state index contributed by atoms with van der Waals surface area (Å²) in [4.78, 5) is 15.7. The quantitative estimate of drug-likeness (QED) is 0.849. The van der Waals surface area contributed by atoms with Gasteiger partial charge in [0.15, 0.2) is 0 Å². The van der Waals surface area contributed by atoms with Gasteiger partial charge in [-0.15, -0.1) is 22.9 Å². The second-order valence-electron chi connectivity index (χ2n) is 3.73. The van der Waals surface area contributed by atoms with Crippen LogP contribution in [-0.2, 0) is 11.2 Å². The molecule has 0 fully saturated rings. The van der Waals surface area contributed by atoms with Gasteiger partial charge < -0.3 is 5.32 Å². The Hall–Kier alpha value is -1.40. The van der Waals surface area contributed by atoms with Gasteiger partial charge in [-0.05, 0) is 13.0 Å². The molecule has 96 valence electrons. The van der Waals surface area contributed by atoms with Gasteiger partial charge in [0.1, 0.15) is 5.38 Å². The summed E-state index contributed by atoms with van der Waals surface area (Å²) in [7, 11) is 0. The van der Waals surface area contributed by atoms with E-state index in [-0.39, 0.29) is 5.91 Å². The number of carbonyl (C=O) groups is 1. The maximum atomic E-state index is 11.3. The number of amides is 1. The van der Waals surface area contributed by atoms with Crippen LogP contribution < -0.4 is 5.32 Å². The highest BCUT2D eigenvalue weighted by Gasteiger charge is 2.08. The van der Waals surface area contributed by atoms with Crippen molar-refractivity contribution < 1.29 is 4.79 Å². The molecule has 5 nitrogen and oxygen atoms in total. The standard InChI is InChI=1S/C11H13ClN4OS/c1-8(12)10(17)13-5-3-9-7-18-11(15-9)16-6-2-4-14-16/h2,4,6-8H,3,5H2,1H3,(H,13,17). The molecule has 0 bridgehead atoms. The lowest BCUT2D eigenvalue weighted by atomic mass is 10.3. The third-order valence-electron chi connectivity index (χ3n) is 2.28. The number of rotatable bonds is 5. The average Bonchev–Trinajstić information content (AvgIpc) is 2.98. The first-order valence-electron chi connectivity index (χ1n) is 5.53. The summed E-state index contributed by atoms with van der Waals surface area (Å²) < 4.78 is 1.72. The Balaban J connectivity index is 1.86. The van der Waals surface area contributed by atoms with E-state index in [1.807, 2.05) is 17.6 Å². The van der Waals surface area contributed by atoms with Crippen molar-refractivity contribution in [3.63, 3.8) is 0 Å². The molecule has 2 aromatic rings. The molecule has 2 aromatic heterocycles.